The zero-order chi connectivity index (χ0) is 11.5. The van der Waals surface area contributed by atoms with Gasteiger partial charge in [-0.25, -0.2) is 0 Å². The van der Waals surface area contributed by atoms with Gasteiger partial charge in [0.2, 0.25) is 5.82 Å². The van der Waals surface area contributed by atoms with Crippen LogP contribution in [0.3, 0.4) is 0 Å². The van der Waals surface area contributed by atoms with Crippen molar-refractivity contribution in [2.75, 3.05) is 0 Å². The molecule has 3 aromatic rings. The van der Waals surface area contributed by atoms with Crippen molar-refractivity contribution in [3.05, 3.63) is 60.7 Å². The van der Waals surface area contributed by atoms with Crippen LogP contribution in [0.2, 0.25) is 0 Å². The minimum atomic E-state index is 0. The zero-order valence-electron chi connectivity index (χ0n) is 9.88. The fourth-order valence-electron chi connectivity index (χ4n) is 1.59. The summed E-state index contributed by atoms with van der Waals surface area (Å²) in [5, 5.41) is 12.4. The molecule has 0 saturated carbocycles. The van der Waals surface area contributed by atoms with Crippen molar-refractivity contribution in [2.24, 2.45) is 0 Å². The van der Waals surface area contributed by atoms with Crippen molar-refractivity contribution in [1.29, 1.82) is 0 Å². The number of hydrogen-bond acceptors (Lipinski definition) is 3. The second-order valence-electron chi connectivity index (χ2n) is 3.60. The second kappa shape index (κ2) is 7.16. The summed E-state index contributed by atoms with van der Waals surface area (Å²) in [5.41, 5.74) is 1.87. The van der Waals surface area contributed by atoms with Crippen LogP contribution in [0.1, 0.15) is 0 Å². The van der Waals surface area contributed by atoms with Crippen molar-refractivity contribution in [3.8, 4) is 17.1 Å². The van der Waals surface area contributed by atoms with Crippen LogP contribution in [-0.4, -0.2) is 20.2 Å². The molecule has 3 rings (SSSR count). The molecule has 0 fully saturated rings. The molecule has 0 bridgehead atoms. The Hall–Kier alpha value is -1.53. The number of hydrogen-bond donors (Lipinski definition) is 0. The predicted molar refractivity (Wildman–Crippen MR) is 85.2 cm³/mol. The Balaban J connectivity index is 0.000000902. The summed E-state index contributed by atoms with van der Waals surface area (Å²) < 4.78 is 0. The molecule has 98 valence electrons. The molecule has 0 aliphatic rings. The highest BCUT2D eigenvalue weighted by Gasteiger charge is 2.05. The molecule has 0 saturated heterocycles. The van der Waals surface area contributed by atoms with E-state index in [1.54, 1.807) is 0 Å². The predicted octanol–water partition coefficient (Wildman–Crippen LogP) is 3.49. The molecular weight excluding hydrogens is 372 g/mol. The van der Waals surface area contributed by atoms with Gasteiger partial charge in [0.1, 0.15) is 0 Å². The van der Waals surface area contributed by atoms with Gasteiger partial charge in [0.15, 0.2) is 0 Å². The Morgan fingerprint density at radius 3 is 1.95 bits per heavy atom. The molecule has 0 atom stereocenters. The molecule has 0 unspecified atom stereocenters. The van der Waals surface area contributed by atoms with Crippen LogP contribution in [0.15, 0.2) is 60.7 Å². The first-order valence-corrected chi connectivity index (χ1v) is 5.34. The smallest absolute Gasteiger partial charge is 0.130 e. The molecule has 6 heteroatoms. The maximum Gasteiger partial charge on any atom is 0.205 e. The molecule has 1 aromatic heterocycles. The summed E-state index contributed by atoms with van der Waals surface area (Å²) >= 11 is 0. The number of rotatable bonds is 2. The van der Waals surface area contributed by atoms with Gasteiger partial charge in [0.25, 0.3) is 0 Å². The molecular formula is C13H12Br2N4. The molecule has 1 heterocycles. The maximum atomic E-state index is 4.35. The standard InChI is InChI=1S/C13H10N4.2BrH/c1-3-7-11(8-4-1)13-14-16-17(15-13)12-9-5-2-6-10-12;;/h1-10H;2*1H. The molecule has 0 amide bonds. The van der Waals surface area contributed by atoms with Crippen molar-refractivity contribution in [3.63, 3.8) is 0 Å². The van der Waals surface area contributed by atoms with Crippen molar-refractivity contribution >= 4 is 34.0 Å². The lowest BCUT2D eigenvalue weighted by Gasteiger charge is -1.95. The fourth-order valence-corrected chi connectivity index (χ4v) is 1.59. The van der Waals surface area contributed by atoms with Crippen LogP contribution in [0.25, 0.3) is 17.1 Å². The van der Waals surface area contributed by atoms with E-state index >= 15 is 0 Å². The lowest BCUT2D eigenvalue weighted by atomic mass is 10.2. The Morgan fingerprint density at radius 2 is 1.32 bits per heavy atom. The molecule has 0 N–H and O–H groups in total. The van der Waals surface area contributed by atoms with Crippen LogP contribution in [0.5, 0.6) is 0 Å². The molecule has 0 radical (unpaired) electrons. The van der Waals surface area contributed by atoms with Crippen LogP contribution >= 0.6 is 34.0 Å². The summed E-state index contributed by atoms with van der Waals surface area (Å²) in [4.78, 5) is 1.53. The third kappa shape index (κ3) is 3.48. The van der Waals surface area contributed by atoms with E-state index in [2.05, 4.69) is 15.4 Å². The summed E-state index contributed by atoms with van der Waals surface area (Å²) in [5.74, 6) is 0.634. The Bertz CT molecular complexity index is 557. The molecule has 4 nitrogen and oxygen atoms in total. The lowest BCUT2D eigenvalue weighted by molar-refractivity contribution is 0.720. The molecule has 2 aromatic carbocycles. The summed E-state index contributed by atoms with van der Waals surface area (Å²) in [7, 11) is 0. The fraction of sp³-hybridized carbons (Fsp3) is 0. The van der Waals surface area contributed by atoms with Gasteiger partial charge in [-0.1, -0.05) is 48.5 Å². The molecule has 0 spiro atoms. The highest BCUT2D eigenvalue weighted by molar-refractivity contribution is 8.93. The van der Waals surface area contributed by atoms with Crippen LogP contribution in [-0.2, 0) is 0 Å². The number of halogens is 2. The van der Waals surface area contributed by atoms with E-state index in [9.17, 15) is 0 Å². The van der Waals surface area contributed by atoms with E-state index in [-0.39, 0.29) is 34.0 Å². The van der Waals surface area contributed by atoms with Gasteiger partial charge < -0.3 is 0 Å². The van der Waals surface area contributed by atoms with E-state index in [4.69, 9.17) is 0 Å². The van der Waals surface area contributed by atoms with E-state index in [1.807, 2.05) is 60.7 Å². The largest absolute Gasteiger partial charge is 0.205 e. The number of tetrazole rings is 1. The summed E-state index contributed by atoms with van der Waals surface area (Å²) in [6.07, 6.45) is 0. The molecule has 19 heavy (non-hydrogen) atoms. The number of aromatic nitrogens is 4. The number of para-hydroxylation sites is 1. The minimum Gasteiger partial charge on any atom is -0.130 e. The summed E-state index contributed by atoms with van der Waals surface area (Å²) in [6.45, 7) is 0. The van der Waals surface area contributed by atoms with E-state index in [1.165, 1.54) is 4.80 Å². The van der Waals surface area contributed by atoms with Gasteiger partial charge in [0, 0.05) is 5.56 Å². The summed E-state index contributed by atoms with van der Waals surface area (Å²) in [6, 6.07) is 19.5. The SMILES string of the molecule is Br.Br.c1ccc(-c2nnn(-c3ccccc3)n2)cc1. The number of benzene rings is 2. The second-order valence-corrected chi connectivity index (χ2v) is 3.60. The first kappa shape index (κ1) is 15.5. The highest BCUT2D eigenvalue weighted by atomic mass is 79.9. The van der Waals surface area contributed by atoms with Gasteiger partial charge >= 0.3 is 0 Å². The van der Waals surface area contributed by atoms with Gasteiger partial charge in [-0.15, -0.1) is 49.0 Å². The van der Waals surface area contributed by atoms with Gasteiger partial charge in [-0.2, -0.15) is 0 Å². The average Bonchev–Trinajstić information content (AvgIpc) is 2.90. The van der Waals surface area contributed by atoms with Crippen LogP contribution < -0.4 is 0 Å². The first-order chi connectivity index (χ1) is 8.43. The van der Waals surface area contributed by atoms with Crippen molar-refractivity contribution < 1.29 is 0 Å². The quantitative estimate of drug-likeness (QED) is 0.680. The first-order valence-electron chi connectivity index (χ1n) is 5.34. The topological polar surface area (TPSA) is 43.6 Å². The van der Waals surface area contributed by atoms with Crippen LogP contribution in [0.4, 0.5) is 0 Å². The zero-order valence-corrected chi connectivity index (χ0v) is 13.3. The Morgan fingerprint density at radius 1 is 0.737 bits per heavy atom. The highest BCUT2D eigenvalue weighted by Crippen LogP contribution is 2.13. The number of nitrogens with zero attached hydrogens (tertiary/aromatic N) is 4. The van der Waals surface area contributed by atoms with Crippen molar-refractivity contribution in [1.82, 2.24) is 20.2 Å². The van der Waals surface area contributed by atoms with Crippen LogP contribution in [0, 0.1) is 0 Å². The van der Waals surface area contributed by atoms with Gasteiger partial charge in [-0.05, 0) is 17.3 Å². The monoisotopic (exact) mass is 382 g/mol. The Kier molecular flexibility index (Phi) is 5.85. The average molecular weight is 384 g/mol. The van der Waals surface area contributed by atoms with E-state index < -0.39 is 0 Å². The molecule has 0 aliphatic heterocycles. The third-order valence-electron chi connectivity index (χ3n) is 2.43. The minimum absolute atomic E-state index is 0. The van der Waals surface area contributed by atoms with Crippen molar-refractivity contribution in [2.45, 2.75) is 0 Å². The Labute approximate surface area is 132 Å². The van der Waals surface area contributed by atoms with E-state index in [0.29, 0.717) is 5.82 Å². The van der Waals surface area contributed by atoms with Gasteiger partial charge in [-0.3, -0.25) is 0 Å². The third-order valence-corrected chi connectivity index (χ3v) is 2.43. The molecule has 0 aliphatic carbocycles. The van der Waals surface area contributed by atoms with E-state index in [0.717, 1.165) is 11.3 Å². The maximum absolute atomic E-state index is 4.35. The normalized spacial score (nSPS) is 9.26. The lowest BCUT2D eigenvalue weighted by Crippen LogP contribution is -1.98. The van der Waals surface area contributed by atoms with Gasteiger partial charge in [0.05, 0.1) is 5.69 Å².